The zero-order valence-electron chi connectivity index (χ0n) is 13.1. The fourth-order valence-corrected chi connectivity index (χ4v) is 4.19. The van der Waals surface area contributed by atoms with Crippen molar-refractivity contribution >= 4 is 0 Å². The maximum absolute atomic E-state index is 4.49. The van der Waals surface area contributed by atoms with E-state index in [2.05, 4.69) is 35.4 Å². The van der Waals surface area contributed by atoms with Gasteiger partial charge in [0.15, 0.2) is 0 Å². The molecular weight excluding hydrogens is 248 g/mol. The summed E-state index contributed by atoms with van der Waals surface area (Å²) in [6.07, 6.45) is 9.00. The maximum Gasteiger partial charge on any atom is 0.0638 e. The number of fused-ring (bicyclic) bond motifs is 2. The Morgan fingerprint density at radius 2 is 2.00 bits per heavy atom. The van der Waals surface area contributed by atoms with Gasteiger partial charge >= 0.3 is 0 Å². The van der Waals surface area contributed by atoms with Gasteiger partial charge in [-0.1, -0.05) is 13.3 Å². The number of nitrogens with one attached hydrogen (secondary N) is 1. The number of aryl methyl sites for hydroxylation is 2. The molecule has 0 spiro atoms. The lowest BCUT2D eigenvalue weighted by Gasteiger charge is -2.49. The monoisotopic (exact) mass is 276 g/mol. The van der Waals surface area contributed by atoms with E-state index in [1.807, 2.05) is 11.7 Å². The van der Waals surface area contributed by atoms with Crippen molar-refractivity contribution in [1.29, 1.82) is 0 Å². The van der Waals surface area contributed by atoms with Gasteiger partial charge in [-0.15, -0.1) is 0 Å². The van der Waals surface area contributed by atoms with Crippen LogP contribution in [0.1, 0.15) is 50.3 Å². The molecule has 0 radical (unpaired) electrons. The Bertz CT molecular complexity index is 439. The minimum atomic E-state index is 0.738. The largest absolute Gasteiger partial charge is 0.314 e. The molecule has 4 nitrogen and oxygen atoms in total. The van der Waals surface area contributed by atoms with Crippen LogP contribution in [0, 0.1) is 6.92 Å². The molecule has 1 aromatic heterocycles. The quantitative estimate of drug-likeness (QED) is 0.915. The number of rotatable bonds is 4. The van der Waals surface area contributed by atoms with E-state index in [0.717, 1.165) is 31.2 Å². The Hall–Kier alpha value is -0.870. The van der Waals surface area contributed by atoms with Crippen LogP contribution in [0.3, 0.4) is 0 Å². The van der Waals surface area contributed by atoms with E-state index in [4.69, 9.17) is 0 Å². The topological polar surface area (TPSA) is 33.1 Å². The second-order valence-electron chi connectivity index (χ2n) is 6.55. The minimum Gasteiger partial charge on any atom is -0.314 e. The zero-order valence-corrected chi connectivity index (χ0v) is 13.1. The molecule has 20 heavy (non-hydrogen) atoms. The van der Waals surface area contributed by atoms with Gasteiger partial charge in [0.1, 0.15) is 0 Å². The summed E-state index contributed by atoms with van der Waals surface area (Å²) < 4.78 is 1.95. The van der Waals surface area contributed by atoms with Crippen molar-refractivity contribution in [3.8, 4) is 0 Å². The van der Waals surface area contributed by atoms with Crippen molar-refractivity contribution in [2.24, 2.45) is 7.05 Å². The van der Waals surface area contributed by atoms with E-state index >= 15 is 0 Å². The highest BCUT2D eigenvalue weighted by molar-refractivity contribution is 5.16. The summed E-state index contributed by atoms with van der Waals surface area (Å²) in [5, 5.41) is 8.16. The van der Waals surface area contributed by atoms with Crippen LogP contribution in [0.2, 0.25) is 0 Å². The van der Waals surface area contributed by atoms with Crippen LogP contribution >= 0.6 is 0 Å². The first-order chi connectivity index (χ1) is 9.67. The molecule has 0 aromatic carbocycles. The highest BCUT2D eigenvalue weighted by Crippen LogP contribution is 2.35. The minimum absolute atomic E-state index is 0.738. The Kier molecular flexibility index (Phi) is 4.13. The average molecular weight is 276 g/mol. The van der Waals surface area contributed by atoms with Crippen LogP contribution in [0.5, 0.6) is 0 Å². The summed E-state index contributed by atoms with van der Waals surface area (Å²) in [4.78, 5) is 2.77. The van der Waals surface area contributed by atoms with Crippen molar-refractivity contribution in [2.45, 2.75) is 70.6 Å². The fourth-order valence-electron chi connectivity index (χ4n) is 4.19. The number of piperidine rings is 2. The molecule has 2 aliphatic heterocycles. The zero-order chi connectivity index (χ0) is 14.1. The molecule has 3 rings (SSSR count). The second-order valence-corrected chi connectivity index (χ2v) is 6.55. The van der Waals surface area contributed by atoms with Gasteiger partial charge in [0.25, 0.3) is 0 Å². The van der Waals surface area contributed by atoms with Gasteiger partial charge in [-0.25, -0.2) is 0 Å². The molecule has 2 unspecified atom stereocenters. The Morgan fingerprint density at radius 1 is 1.30 bits per heavy atom. The maximum atomic E-state index is 4.49. The molecule has 2 fully saturated rings. The first kappa shape index (κ1) is 14.1. The number of hydrogen-bond acceptors (Lipinski definition) is 3. The number of hydrogen-bond donors (Lipinski definition) is 1. The Balaban J connectivity index is 1.72. The van der Waals surface area contributed by atoms with E-state index < -0.39 is 0 Å². The first-order valence-corrected chi connectivity index (χ1v) is 8.15. The number of nitrogens with zero attached hydrogens (tertiary/aromatic N) is 3. The third-order valence-electron chi connectivity index (χ3n) is 5.09. The van der Waals surface area contributed by atoms with Crippen molar-refractivity contribution in [3.05, 3.63) is 17.5 Å². The van der Waals surface area contributed by atoms with Gasteiger partial charge in [-0.2, -0.15) is 5.10 Å². The van der Waals surface area contributed by atoms with E-state index in [-0.39, 0.29) is 0 Å². The molecule has 4 heteroatoms. The third-order valence-corrected chi connectivity index (χ3v) is 5.09. The van der Waals surface area contributed by atoms with Crippen LogP contribution in [0.4, 0.5) is 0 Å². The Labute approximate surface area is 122 Å². The van der Waals surface area contributed by atoms with Crippen molar-refractivity contribution < 1.29 is 0 Å². The summed E-state index contributed by atoms with van der Waals surface area (Å²) in [6.45, 7) is 6.55. The molecule has 0 amide bonds. The summed E-state index contributed by atoms with van der Waals surface area (Å²) >= 11 is 0. The van der Waals surface area contributed by atoms with E-state index in [9.17, 15) is 0 Å². The van der Waals surface area contributed by atoms with Gasteiger partial charge < -0.3 is 5.32 Å². The third kappa shape index (κ3) is 2.77. The molecule has 2 atom stereocenters. The van der Waals surface area contributed by atoms with Crippen molar-refractivity contribution in [3.63, 3.8) is 0 Å². The lowest BCUT2D eigenvalue weighted by molar-refractivity contribution is 0.0179. The smallest absolute Gasteiger partial charge is 0.0638 e. The van der Waals surface area contributed by atoms with E-state index in [1.165, 1.54) is 43.4 Å². The summed E-state index contributed by atoms with van der Waals surface area (Å²) in [7, 11) is 2.02. The second kappa shape index (κ2) is 5.86. The highest BCUT2D eigenvalue weighted by atomic mass is 15.3. The van der Waals surface area contributed by atoms with Crippen molar-refractivity contribution in [2.75, 3.05) is 6.54 Å². The Morgan fingerprint density at radius 3 is 2.55 bits per heavy atom. The lowest BCUT2D eigenvalue weighted by atomic mass is 9.81. The molecule has 3 heterocycles. The van der Waals surface area contributed by atoms with Gasteiger partial charge in [0.2, 0.25) is 0 Å². The first-order valence-electron chi connectivity index (χ1n) is 8.15. The summed E-state index contributed by atoms with van der Waals surface area (Å²) in [6, 6.07) is 2.28. The molecule has 0 saturated carbocycles. The molecule has 112 valence electrons. The SMILES string of the molecule is CCNC1CC2CCCC(C1)N2Cc1cn(C)nc1C. The predicted octanol–water partition coefficient (Wildman–Crippen LogP) is 2.22. The fraction of sp³-hybridized carbons (Fsp3) is 0.812. The predicted molar refractivity (Wildman–Crippen MR) is 81.6 cm³/mol. The molecule has 1 aromatic rings. The summed E-state index contributed by atoms with van der Waals surface area (Å²) in [5.74, 6) is 0. The molecule has 0 aliphatic carbocycles. The van der Waals surface area contributed by atoms with Gasteiger partial charge in [-0.3, -0.25) is 9.58 Å². The highest BCUT2D eigenvalue weighted by Gasteiger charge is 2.38. The standard InChI is InChI=1S/C16H28N4/c1-4-17-14-8-15-6-5-7-16(9-14)20(15)11-13-10-19(3)18-12(13)2/h10,14-17H,4-9,11H2,1-3H3. The van der Waals surface area contributed by atoms with Gasteiger partial charge in [-0.05, 0) is 39.2 Å². The number of aromatic nitrogens is 2. The summed E-state index contributed by atoms with van der Waals surface area (Å²) in [5.41, 5.74) is 2.60. The molecule has 2 saturated heterocycles. The molecule has 1 N–H and O–H groups in total. The van der Waals surface area contributed by atoms with Gasteiger partial charge in [0, 0.05) is 43.5 Å². The van der Waals surface area contributed by atoms with Crippen LogP contribution in [0.15, 0.2) is 6.20 Å². The molecule has 2 bridgehead atoms. The normalized spacial score (nSPS) is 30.6. The van der Waals surface area contributed by atoms with Crippen LogP contribution in [-0.2, 0) is 13.6 Å². The van der Waals surface area contributed by atoms with Crippen molar-refractivity contribution in [1.82, 2.24) is 20.0 Å². The van der Waals surface area contributed by atoms with Gasteiger partial charge in [0.05, 0.1) is 5.69 Å². The average Bonchev–Trinajstić information content (AvgIpc) is 2.69. The van der Waals surface area contributed by atoms with Crippen LogP contribution < -0.4 is 5.32 Å². The van der Waals surface area contributed by atoms with E-state index in [0.29, 0.717) is 0 Å². The van der Waals surface area contributed by atoms with Crippen LogP contribution in [0.25, 0.3) is 0 Å². The lowest BCUT2D eigenvalue weighted by Crippen LogP contribution is -2.55. The molecule has 2 aliphatic rings. The molecular formula is C16H28N4. The van der Waals surface area contributed by atoms with E-state index in [1.54, 1.807) is 0 Å². The van der Waals surface area contributed by atoms with Crippen LogP contribution in [-0.4, -0.2) is 39.4 Å².